The third-order valence-electron chi connectivity index (χ3n) is 2.35. The largest absolute Gasteiger partial charge is 0.477 e. The van der Waals surface area contributed by atoms with Gasteiger partial charge in [0, 0.05) is 12.8 Å². The summed E-state index contributed by atoms with van der Waals surface area (Å²) in [6.45, 7) is 0. The van der Waals surface area contributed by atoms with Gasteiger partial charge in [0.15, 0.2) is 0 Å². The molecule has 0 unspecified atom stereocenters. The number of carboxylic acids is 1. The fourth-order valence-corrected chi connectivity index (χ4v) is 1.49. The molecule has 6 heteroatoms. The molecule has 1 N–H and O–H groups in total. The van der Waals surface area contributed by atoms with Crippen LogP contribution in [-0.4, -0.2) is 22.7 Å². The number of amides is 1. The first-order chi connectivity index (χ1) is 8.08. The van der Waals surface area contributed by atoms with Gasteiger partial charge in [-0.1, -0.05) is 0 Å². The lowest BCUT2D eigenvalue weighted by Crippen LogP contribution is -2.34. The van der Waals surface area contributed by atoms with E-state index in [1.807, 2.05) is 0 Å². The summed E-state index contributed by atoms with van der Waals surface area (Å²) in [5.41, 5.74) is 0.281. The number of halogens is 1. The highest BCUT2D eigenvalue weighted by Crippen LogP contribution is 2.20. The molecule has 0 saturated carbocycles. The number of rotatable bonds is 2. The Balaban J connectivity index is 2.35. The number of hydrogen-bond donors (Lipinski definition) is 1. The predicted octanol–water partition coefficient (Wildman–Crippen LogP) is 1.39. The van der Waals surface area contributed by atoms with Gasteiger partial charge in [0.1, 0.15) is 11.5 Å². The molecule has 1 heterocycles. The normalized spacial score (nSPS) is 15.7. The molecule has 1 amide bonds. The third-order valence-corrected chi connectivity index (χ3v) is 2.35. The first-order valence-electron chi connectivity index (χ1n) is 4.97. The van der Waals surface area contributed by atoms with Gasteiger partial charge in [-0.3, -0.25) is 4.79 Å². The van der Waals surface area contributed by atoms with Crippen molar-refractivity contribution in [2.24, 2.45) is 5.10 Å². The van der Waals surface area contributed by atoms with Crippen LogP contribution in [0.2, 0.25) is 0 Å². The van der Waals surface area contributed by atoms with Crippen LogP contribution in [0, 0.1) is 5.82 Å². The van der Waals surface area contributed by atoms with Crippen LogP contribution in [0.1, 0.15) is 12.8 Å². The first kappa shape index (κ1) is 11.3. The molecule has 0 atom stereocenters. The second-order valence-electron chi connectivity index (χ2n) is 3.53. The Morgan fingerprint density at radius 3 is 2.53 bits per heavy atom. The van der Waals surface area contributed by atoms with Crippen molar-refractivity contribution < 1.29 is 19.1 Å². The molecule has 0 radical (unpaired) electrons. The lowest BCUT2D eigenvalue weighted by atomic mass is 10.1. The van der Waals surface area contributed by atoms with Gasteiger partial charge in [-0.25, -0.2) is 14.2 Å². The van der Waals surface area contributed by atoms with Crippen molar-refractivity contribution in [1.82, 2.24) is 0 Å². The van der Waals surface area contributed by atoms with Crippen LogP contribution < -0.4 is 5.01 Å². The highest BCUT2D eigenvalue weighted by molar-refractivity contribution is 6.37. The van der Waals surface area contributed by atoms with Crippen LogP contribution in [-0.2, 0) is 9.59 Å². The molecule has 0 aromatic heterocycles. The zero-order chi connectivity index (χ0) is 12.4. The van der Waals surface area contributed by atoms with Crippen LogP contribution in [0.5, 0.6) is 0 Å². The van der Waals surface area contributed by atoms with E-state index in [4.69, 9.17) is 5.11 Å². The smallest absolute Gasteiger partial charge is 0.352 e. The molecule has 1 aromatic carbocycles. The van der Waals surface area contributed by atoms with E-state index in [-0.39, 0.29) is 24.5 Å². The Kier molecular flexibility index (Phi) is 2.86. The third kappa shape index (κ3) is 2.30. The van der Waals surface area contributed by atoms with Gasteiger partial charge >= 0.3 is 5.97 Å². The molecule has 1 aromatic rings. The van der Waals surface area contributed by atoms with Gasteiger partial charge in [-0.15, -0.1) is 0 Å². The quantitative estimate of drug-likeness (QED) is 0.843. The van der Waals surface area contributed by atoms with E-state index in [0.29, 0.717) is 5.69 Å². The zero-order valence-electron chi connectivity index (χ0n) is 8.76. The number of aliphatic carboxylic acids is 1. The maximum Gasteiger partial charge on any atom is 0.352 e. The predicted molar refractivity (Wildman–Crippen MR) is 58.2 cm³/mol. The van der Waals surface area contributed by atoms with Crippen molar-refractivity contribution in [2.75, 3.05) is 5.01 Å². The SMILES string of the molecule is O=C(O)C1=NN(c2ccc(F)cc2)C(=O)CC1. The van der Waals surface area contributed by atoms with E-state index in [0.717, 1.165) is 5.01 Å². The Bertz CT molecular complexity index is 496. The molecule has 0 spiro atoms. The first-order valence-corrected chi connectivity index (χ1v) is 4.97. The van der Waals surface area contributed by atoms with Crippen LogP contribution in [0.15, 0.2) is 29.4 Å². The van der Waals surface area contributed by atoms with E-state index in [1.165, 1.54) is 24.3 Å². The summed E-state index contributed by atoms with van der Waals surface area (Å²) in [5, 5.41) is 13.5. The highest BCUT2D eigenvalue weighted by Gasteiger charge is 2.25. The molecule has 2 rings (SSSR count). The van der Waals surface area contributed by atoms with Crippen molar-refractivity contribution in [3.8, 4) is 0 Å². The lowest BCUT2D eigenvalue weighted by molar-refractivity contribution is -0.129. The number of anilines is 1. The number of hydrazone groups is 1. The summed E-state index contributed by atoms with van der Waals surface area (Å²) in [5.74, 6) is -1.88. The molecular formula is C11H9FN2O3. The number of hydrogen-bond acceptors (Lipinski definition) is 3. The van der Waals surface area contributed by atoms with E-state index in [1.54, 1.807) is 0 Å². The Morgan fingerprint density at radius 1 is 1.29 bits per heavy atom. The molecule has 0 bridgehead atoms. The van der Waals surface area contributed by atoms with Crippen LogP contribution in [0.25, 0.3) is 0 Å². The van der Waals surface area contributed by atoms with Crippen LogP contribution in [0.4, 0.5) is 10.1 Å². The number of benzene rings is 1. The maximum atomic E-state index is 12.7. The number of nitrogens with zero attached hydrogens (tertiary/aromatic N) is 2. The van der Waals surface area contributed by atoms with Gasteiger partial charge < -0.3 is 5.11 Å². The minimum Gasteiger partial charge on any atom is -0.477 e. The van der Waals surface area contributed by atoms with Crippen molar-refractivity contribution in [1.29, 1.82) is 0 Å². The van der Waals surface area contributed by atoms with Gasteiger partial charge in [-0.05, 0) is 24.3 Å². The fraction of sp³-hybridized carbons (Fsp3) is 0.182. The van der Waals surface area contributed by atoms with Crippen molar-refractivity contribution in [3.05, 3.63) is 30.1 Å². The number of carboxylic acid groups (broad SMARTS) is 1. The average molecular weight is 236 g/mol. The van der Waals surface area contributed by atoms with E-state index in [9.17, 15) is 14.0 Å². The zero-order valence-corrected chi connectivity index (χ0v) is 8.76. The van der Waals surface area contributed by atoms with Gasteiger partial charge in [-0.2, -0.15) is 5.10 Å². The molecular weight excluding hydrogens is 227 g/mol. The Hall–Kier alpha value is -2.24. The van der Waals surface area contributed by atoms with Crippen molar-refractivity contribution in [2.45, 2.75) is 12.8 Å². The molecule has 0 fully saturated rings. The minimum atomic E-state index is -1.15. The Labute approximate surface area is 96.2 Å². The van der Waals surface area contributed by atoms with Crippen LogP contribution >= 0.6 is 0 Å². The monoisotopic (exact) mass is 236 g/mol. The van der Waals surface area contributed by atoms with Crippen LogP contribution in [0.3, 0.4) is 0 Å². The van der Waals surface area contributed by atoms with Crippen molar-refractivity contribution >= 4 is 23.3 Å². The van der Waals surface area contributed by atoms with Gasteiger partial charge in [0.05, 0.1) is 5.69 Å². The highest BCUT2D eigenvalue weighted by atomic mass is 19.1. The molecule has 17 heavy (non-hydrogen) atoms. The lowest BCUT2D eigenvalue weighted by Gasteiger charge is -2.21. The number of carbonyl (C=O) groups is 2. The second kappa shape index (κ2) is 4.32. The van der Waals surface area contributed by atoms with Crippen molar-refractivity contribution in [3.63, 3.8) is 0 Å². The van der Waals surface area contributed by atoms with E-state index in [2.05, 4.69) is 5.10 Å². The second-order valence-corrected chi connectivity index (χ2v) is 3.53. The van der Waals surface area contributed by atoms with E-state index >= 15 is 0 Å². The average Bonchev–Trinajstić information content (AvgIpc) is 2.31. The molecule has 0 aliphatic carbocycles. The topological polar surface area (TPSA) is 70.0 Å². The Morgan fingerprint density at radius 2 is 1.94 bits per heavy atom. The fourth-order valence-electron chi connectivity index (χ4n) is 1.49. The minimum absolute atomic E-state index is 0.0751. The molecule has 1 aliphatic heterocycles. The van der Waals surface area contributed by atoms with E-state index < -0.39 is 11.8 Å². The molecule has 5 nitrogen and oxygen atoms in total. The molecule has 88 valence electrons. The summed E-state index contributed by atoms with van der Waals surface area (Å²) in [4.78, 5) is 22.3. The summed E-state index contributed by atoms with van der Waals surface area (Å²) in [6, 6.07) is 5.13. The summed E-state index contributed by atoms with van der Waals surface area (Å²) < 4.78 is 12.7. The standard InChI is InChI=1S/C11H9FN2O3/c12-7-1-3-8(4-2-7)14-10(15)6-5-9(13-14)11(16)17/h1-4H,5-6H2,(H,16,17). The number of carbonyl (C=O) groups excluding carboxylic acids is 1. The molecule has 1 aliphatic rings. The van der Waals surface area contributed by atoms with Gasteiger partial charge in [0.25, 0.3) is 0 Å². The summed E-state index contributed by atoms with van der Waals surface area (Å²) in [6.07, 6.45) is 0.203. The summed E-state index contributed by atoms with van der Waals surface area (Å²) >= 11 is 0. The van der Waals surface area contributed by atoms with Gasteiger partial charge in [0.2, 0.25) is 5.91 Å². The summed E-state index contributed by atoms with van der Waals surface area (Å²) in [7, 11) is 0. The molecule has 0 saturated heterocycles. The maximum absolute atomic E-state index is 12.7.